The van der Waals surface area contributed by atoms with E-state index in [1.54, 1.807) is 0 Å². The first kappa shape index (κ1) is 32.4. The van der Waals surface area contributed by atoms with Crippen LogP contribution in [-0.2, 0) is 0 Å². The third-order valence-electron chi connectivity index (χ3n) is 11.3. The standard InChI is InChI=1S/C53H31N3O2/c1-2-12-32(13-3-1)44-31-45(38-17-10-16-37(28-38)39-20-11-21-41-40-18-6-8-22-47(40)57-51(39)41)56-53(55-44)34-26-24-33(25-27-34)50-52-49(42-19-7-9-23-48(42)58-52)43-29-35-14-4-5-15-36(35)30-46(43)54-50/h1-31H. The van der Waals surface area contributed by atoms with E-state index in [0.717, 1.165) is 111 Å². The smallest absolute Gasteiger partial charge is 0.162 e. The van der Waals surface area contributed by atoms with Crippen LogP contribution < -0.4 is 0 Å². The maximum Gasteiger partial charge on any atom is 0.162 e. The molecule has 0 radical (unpaired) electrons. The summed E-state index contributed by atoms with van der Waals surface area (Å²) in [7, 11) is 0. The molecule has 270 valence electrons. The maximum atomic E-state index is 6.59. The van der Waals surface area contributed by atoms with Gasteiger partial charge in [0.15, 0.2) is 11.4 Å². The van der Waals surface area contributed by atoms with E-state index in [0.29, 0.717) is 5.82 Å². The fraction of sp³-hybridized carbons (Fsp3) is 0. The largest absolute Gasteiger partial charge is 0.455 e. The molecule has 58 heavy (non-hydrogen) atoms. The van der Waals surface area contributed by atoms with Crippen molar-refractivity contribution in [1.82, 2.24) is 15.0 Å². The summed E-state index contributed by atoms with van der Waals surface area (Å²) >= 11 is 0. The number of aromatic nitrogens is 3. The van der Waals surface area contributed by atoms with Gasteiger partial charge in [0.05, 0.1) is 16.9 Å². The van der Waals surface area contributed by atoms with Gasteiger partial charge >= 0.3 is 0 Å². The first-order chi connectivity index (χ1) is 28.7. The van der Waals surface area contributed by atoms with Crippen molar-refractivity contribution in [2.75, 3.05) is 0 Å². The fourth-order valence-electron chi connectivity index (χ4n) is 8.45. The lowest BCUT2D eigenvalue weighted by Gasteiger charge is -2.11. The Bertz CT molecular complexity index is 3570. The molecule has 5 nitrogen and oxygen atoms in total. The first-order valence-corrected chi connectivity index (χ1v) is 19.4. The molecular formula is C53H31N3O2. The van der Waals surface area contributed by atoms with Gasteiger partial charge in [-0.1, -0.05) is 152 Å². The van der Waals surface area contributed by atoms with Gasteiger partial charge in [-0.25, -0.2) is 15.0 Å². The lowest BCUT2D eigenvalue weighted by molar-refractivity contribution is 0.668. The van der Waals surface area contributed by atoms with E-state index in [4.69, 9.17) is 23.8 Å². The number of hydrogen-bond donors (Lipinski definition) is 0. The highest BCUT2D eigenvalue weighted by Crippen LogP contribution is 2.41. The Kier molecular flexibility index (Phi) is 7.16. The molecule has 4 heterocycles. The van der Waals surface area contributed by atoms with E-state index < -0.39 is 0 Å². The second-order valence-corrected chi connectivity index (χ2v) is 14.7. The number of para-hydroxylation sites is 3. The van der Waals surface area contributed by atoms with Gasteiger partial charge in [0.2, 0.25) is 0 Å². The van der Waals surface area contributed by atoms with Crippen molar-refractivity contribution >= 4 is 65.6 Å². The molecule has 12 rings (SSSR count). The van der Waals surface area contributed by atoms with Gasteiger partial charge < -0.3 is 8.83 Å². The molecule has 0 saturated heterocycles. The van der Waals surface area contributed by atoms with Crippen molar-refractivity contribution in [2.45, 2.75) is 0 Å². The van der Waals surface area contributed by atoms with Gasteiger partial charge in [0.1, 0.15) is 22.4 Å². The first-order valence-electron chi connectivity index (χ1n) is 19.4. The molecule has 0 aliphatic rings. The summed E-state index contributed by atoms with van der Waals surface area (Å²) < 4.78 is 13.0. The van der Waals surface area contributed by atoms with E-state index in [1.165, 1.54) is 5.39 Å². The number of pyridine rings is 1. The molecule has 0 spiro atoms. The number of fused-ring (bicyclic) bond motifs is 9. The molecule has 8 aromatic carbocycles. The minimum Gasteiger partial charge on any atom is -0.455 e. The fourth-order valence-corrected chi connectivity index (χ4v) is 8.45. The van der Waals surface area contributed by atoms with Crippen LogP contribution in [0.1, 0.15) is 0 Å². The van der Waals surface area contributed by atoms with Crippen LogP contribution >= 0.6 is 0 Å². The molecule has 12 aromatic rings. The van der Waals surface area contributed by atoms with Crippen LogP contribution in [0, 0.1) is 0 Å². The van der Waals surface area contributed by atoms with Crippen LogP contribution in [0.2, 0.25) is 0 Å². The van der Waals surface area contributed by atoms with Gasteiger partial charge in [-0.05, 0) is 52.7 Å². The predicted molar refractivity (Wildman–Crippen MR) is 237 cm³/mol. The number of hydrogen-bond acceptors (Lipinski definition) is 5. The van der Waals surface area contributed by atoms with Crippen LogP contribution in [0.5, 0.6) is 0 Å². The maximum absolute atomic E-state index is 6.59. The minimum atomic E-state index is 0.638. The molecule has 0 amide bonds. The van der Waals surface area contributed by atoms with E-state index in [9.17, 15) is 0 Å². The van der Waals surface area contributed by atoms with Crippen LogP contribution in [0.3, 0.4) is 0 Å². The molecule has 0 aliphatic carbocycles. The highest BCUT2D eigenvalue weighted by Gasteiger charge is 2.19. The molecule has 5 heteroatoms. The highest BCUT2D eigenvalue weighted by molar-refractivity contribution is 6.22. The zero-order chi connectivity index (χ0) is 38.2. The van der Waals surface area contributed by atoms with Crippen molar-refractivity contribution in [3.63, 3.8) is 0 Å². The molecule has 0 N–H and O–H groups in total. The molecule has 0 aliphatic heterocycles. The molecule has 0 bridgehead atoms. The van der Waals surface area contributed by atoms with Crippen LogP contribution in [0.15, 0.2) is 197 Å². The van der Waals surface area contributed by atoms with E-state index in [1.807, 2.05) is 42.5 Å². The molecule has 0 unspecified atom stereocenters. The quantitative estimate of drug-likeness (QED) is 0.164. The Morgan fingerprint density at radius 3 is 1.78 bits per heavy atom. The van der Waals surface area contributed by atoms with E-state index in [2.05, 4.69) is 146 Å². The third kappa shape index (κ3) is 5.21. The van der Waals surface area contributed by atoms with Gasteiger partial charge in [-0.15, -0.1) is 0 Å². The SMILES string of the molecule is c1ccc(-c2cc(-c3cccc(-c4cccc5c4oc4ccccc45)c3)nc(-c3ccc(-c4nc5cc6ccccc6cc5c5c4oc4ccccc45)cc3)n2)cc1. The van der Waals surface area contributed by atoms with Crippen molar-refractivity contribution in [1.29, 1.82) is 0 Å². The van der Waals surface area contributed by atoms with E-state index in [-0.39, 0.29) is 0 Å². The van der Waals surface area contributed by atoms with Gasteiger partial charge in [0, 0.05) is 54.7 Å². The average molecular weight is 742 g/mol. The Hall–Kier alpha value is -7.89. The van der Waals surface area contributed by atoms with Crippen molar-refractivity contribution < 1.29 is 8.83 Å². The molecule has 0 atom stereocenters. The van der Waals surface area contributed by atoms with Crippen LogP contribution in [0.4, 0.5) is 0 Å². The highest BCUT2D eigenvalue weighted by atomic mass is 16.3. The topological polar surface area (TPSA) is 65.0 Å². The summed E-state index contributed by atoms with van der Waals surface area (Å²) in [5.41, 5.74) is 12.8. The summed E-state index contributed by atoms with van der Waals surface area (Å²) in [4.78, 5) is 15.6. The second-order valence-electron chi connectivity index (χ2n) is 14.7. The van der Waals surface area contributed by atoms with Crippen LogP contribution in [-0.4, -0.2) is 15.0 Å². The Balaban J connectivity index is 0.989. The van der Waals surface area contributed by atoms with Crippen molar-refractivity contribution in [2.24, 2.45) is 0 Å². The monoisotopic (exact) mass is 741 g/mol. The van der Waals surface area contributed by atoms with Gasteiger partial charge in [-0.3, -0.25) is 0 Å². The summed E-state index contributed by atoms with van der Waals surface area (Å²) in [6.45, 7) is 0. The zero-order valence-electron chi connectivity index (χ0n) is 31.1. The predicted octanol–water partition coefficient (Wildman–Crippen LogP) is 14.3. The lowest BCUT2D eigenvalue weighted by Crippen LogP contribution is -1.96. The number of furan rings is 2. The summed E-state index contributed by atoms with van der Waals surface area (Å²) in [5, 5.41) is 7.78. The van der Waals surface area contributed by atoms with Gasteiger partial charge in [-0.2, -0.15) is 0 Å². The zero-order valence-corrected chi connectivity index (χ0v) is 31.1. The number of rotatable bonds is 5. The number of benzene rings is 8. The molecular weight excluding hydrogens is 711 g/mol. The minimum absolute atomic E-state index is 0.638. The average Bonchev–Trinajstić information content (AvgIpc) is 3.88. The van der Waals surface area contributed by atoms with Gasteiger partial charge in [0.25, 0.3) is 0 Å². The summed E-state index contributed by atoms with van der Waals surface area (Å²) in [6.07, 6.45) is 0. The van der Waals surface area contributed by atoms with Crippen molar-refractivity contribution in [3.05, 3.63) is 188 Å². The second kappa shape index (κ2) is 12.8. The lowest BCUT2D eigenvalue weighted by atomic mass is 9.98. The molecule has 4 aromatic heterocycles. The Labute approximate surface area is 332 Å². The van der Waals surface area contributed by atoms with Crippen LogP contribution in [0.25, 0.3) is 122 Å². The number of nitrogens with zero attached hydrogens (tertiary/aromatic N) is 3. The Morgan fingerprint density at radius 1 is 0.345 bits per heavy atom. The molecule has 0 fully saturated rings. The normalized spacial score (nSPS) is 11.8. The van der Waals surface area contributed by atoms with E-state index >= 15 is 0 Å². The third-order valence-corrected chi connectivity index (χ3v) is 11.3. The Morgan fingerprint density at radius 2 is 0.948 bits per heavy atom. The summed E-state index contributed by atoms with van der Waals surface area (Å²) in [6, 6.07) is 64.9. The summed E-state index contributed by atoms with van der Waals surface area (Å²) in [5.74, 6) is 0.638. The van der Waals surface area contributed by atoms with Crippen molar-refractivity contribution in [3.8, 4) is 56.3 Å². The molecule has 0 saturated carbocycles.